The maximum Gasteiger partial charge on any atom is 0.223 e. The average Bonchev–Trinajstić information content (AvgIpc) is 2.55. The maximum absolute atomic E-state index is 12.6. The molecule has 1 saturated carbocycles. The zero-order valence-electron chi connectivity index (χ0n) is 15.4. The van der Waals surface area contributed by atoms with Gasteiger partial charge in [-0.3, -0.25) is 9.69 Å². The Morgan fingerprint density at radius 2 is 2.08 bits per heavy atom. The van der Waals surface area contributed by atoms with Crippen molar-refractivity contribution in [1.82, 2.24) is 15.1 Å². The second-order valence-electron chi connectivity index (χ2n) is 8.28. The smallest absolute Gasteiger partial charge is 0.223 e. The maximum atomic E-state index is 12.6. The molecule has 0 aromatic rings. The molecule has 3 rings (SSSR count). The molecule has 1 aliphatic carbocycles. The fourth-order valence-electron chi connectivity index (χ4n) is 4.49. The number of rotatable bonds is 4. The number of aliphatic hydroxyl groups excluding tert-OH is 1. The van der Waals surface area contributed by atoms with Gasteiger partial charge in [0.2, 0.25) is 5.91 Å². The highest BCUT2D eigenvalue weighted by Gasteiger charge is 2.53. The lowest BCUT2D eigenvalue weighted by atomic mass is 9.72. The van der Waals surface area contributed by atoms with Crippen molar-refractivity contribution in [3.8, 4) is 0 Å². The zero-order chi connectivity index (χ0) is 17.4. The molecule has 2 aliphatic heterocycles. The molecule has 2 N–H and O–H groups in total. The second kappa shape index (κ2) is 6.90. The second-order valence-corrected chi connectivity index (χ2v) is 8.28. The van der Waals surface area contributed by atoms with Crippen molar-refractivity contribution in [2.75, 3.05) is 47.0 Å². The van der Waals surface area contributed by atoms with E-state index in [1.807, 2.05) is 0 Å². The summed E-state index contributed by atoms with van der Waals surface area (Å²) in [7, 11) is 4.20. The van der Waals surface area contributed by atoms with Gasteiger partial charge in [-0.25, -0.2) is 0 Å². The molecule has 6 nitrogen and oxygen atoms in total. The Morgan fingerprint density at radius 3 is 2.67 bits per heavy atom. The number of likely N-dealkylation sites (N-methyl/N-ethyl adjacent to an activating group) is 1. The van der Waals surface area contributed by atoms with Gasteiger partial charge in [-0.2, -0.15) is 0 Å². The first-order chi connectivity index (χ1) is 11.4. The van der Waals surface area contributed by atoms with Crippen LogP contribution < -0.4 is 5.32 Å². The van der Waals surface area contributed by atoms with E-state index < -0.39 is 5.54 Å². The van der Waals surface area contributed by atoms with Crippen LogP contribution in [0.1, 0.15) is 39.0 Å². The van der Waals surface area contributed by atoms with E-state index in [-0.39, 0.29) is 24.0 Å². The predicted octanol–water partition coefficient (Wildman–Crippen LogP) is 0.449. The number of ether oxygens (including phenoxy) is 1. The van der Waals surface area contributed by atoms with Crippen LogP contribution in [0.25, 0.3) is 0 Å². The summed E-state index contributed by atoms with van der Waals surface area (Å²) in [6.45, 7) is 4.84. The van der Waals surface area contributed by atoms with Crippen LogP contribution in [-0.2, 0) is 9.53 Å². The third-order valence-corrected chi connectivity index (χ3v) is 6.91. The number of nitrogens with zero attached hydrogens (tertiary/aromatic N) is 2. The molecule has 1 unspecified atom stereocenters. The summed E-state index contributed by atoms with van der Waals surface area (Å²) in [5, 5.41) is 13.2. The molecular weight excluding hydrogens is 306 g/mol. The lowest BCUT2D eigenvalue weighted by Crippen LogP contribution is -2.73. The number of hydrogen-bond donors (Lipinski definition) is 2. The lowest BCUT2D eigenvalue weighted by Gasteiger charge is -2.59. The van der Waals surface area contributed by atoms with Gasteiger partial charge in [-0.15, -0.1) is 0 Å². The Kier molecular flexibility index (Phi) is 5.21. The summed E-state index contributed by atoms with van der Waals surface area (Å²) in [6, 6.07) is 0.445. The van der Waals surface area contributed by atoms with E-state index in [1.165, 1.54) is 6.42 Å². The van der Waals surface area contributed by atoms with Gasteiger partial charge >= 0.3 is 0 Å². The van der Waals surface area contributed by atoms with E-state index in [0.717, 1.165) is 38.8 Å². The largest absolute Gasteiger partial charge is 0.394 e. The highest BCUT2D eigenvalue weighted by atomic mass is 16.5. The number of piperidine rings is 1. The van der Waals surface area contributed by atoms with E-state index in [9.17, 15) is 9.90 Å². The first-order valence-electron chi connectivity index (χ1n) is 9.33. The standard InChI is InChI=1S/C18H33N3O3/c1-14-9-15(5-8-20(14)2)16(23)19-10-18(11-22)13-24-12-17(21(18)3)6-4-7-17/h14-15,22H,4-13H2,1-3H3,(H,19,23)/t14-,15-,18?/m0/s1. The van der Waals surface area contributed by atoms with Crippen molar-refractivity contribution < 1.29 is 14.6 Å². The van der Waals surface area contributed by atoms with Crippen LogP contribution in [0.4, 0.5) is 0 Å². The molecule has 3 aliphatic rings. The van der Waals surface area contributed by atoms with Crippen molar-refractivity contribution in [3.05, 3.63) is 0 Å². The Balaban J connectivity index is 1.60. The van der Waals surface area contributed by atoms with Gasteiger partial charge in [0.1, 0.15) is 0 Å². The molecule has 2 heterocycles. The molecule has 6 heteroatoms. The number of nitrogens with one attached hydrogen (secondary N) is 1. The number of morpholine rings is 1. The molecule has 1 spiro atoms. The number of hydrogen-bond acceptors (Lipinski definition) is 5. The predicted molar refractivity (Wildman–Crippen MR) is 92.8 cm³/mol. The van der Waals surface area contributed by atoms with Crippen molar-refractivity contribution in [2.45, 2.75) is 56.1 Å². The number of amides is 1. The summed E-state index contributed by atoms with van der Waals surface area (Å²) in [5.41, 5.74) is -0.431. The van der Waals surface area contributed by atoms with Gasteiger partial charge in [-0.1, -0.05) is 0 Å². The Hall–Kier alpha value is -0.690. The molecule has 1 amide bonds. The Bertz CT molecular complexity index is 468. The summed E-state index contributed by atoms with van der Waals surface area (Å²) in [6.07, 6.45) is 5.27. The number of carbonyl (C=O) groups is 1. The van der Waals surface area contributed by atoms with Crippen LogP contribution in [-0.4, -0.2) is 84.9 Å². The third-order valence-electron chi connectivity index (χ3n) is 6.91. The average molecular weight is 339 g/mol. The third kappa shape index (κ3) is 3.09. The monoisotopic (exact) mass is 339 g/mol. The van der Waals surface area contributed by atoms with E-state index in [4.69, 9.17) is 4.74 Å². The molecule has 138 valence electrons. The van der Waals surface area contributed by atoms with Gasteiger partial charge in [0.05, 0.1) is 25.4 Å². The molecule has 0 bridgehead atoms. The molecule has 24 heavy (non-hydrogen) atoms. The molecule has 2 saturated heterocycles. The van der Waals surface area contributed by atoms with E-state index >= 15 is 0 Å². The van der Waals surface area contributed by atoms with Gasteiger partial charge < -0.3 is 20.1 Å². The minimum absolute atomic E-state index is 0.00926. The zero-order valence-corrected chi connectivity index (χ0v) is 15.4. The molecule has 0 aromatic heterocycles. The quantitative estimate of drug-likeness (QED) is 0.779. The van der Waals surface area contributed by atoms with Crippen molar-refractivity contribution >= 4 is 5.91 Å². The van der Waals surface area contributed by atoms with E-state index in [0.29, 0.717) is 19.2 Å². The summed E-state index contributed by atoms with van der Waals surface area (Å²) in [5.74, 6) is 0.212. The molecule has 0 aromatic carbocycles. The molecule has 0 radical (unpaired) electrons. The molecular formula is C18H33N3O3. The van der Waals surface area contributed by atoms with Gasteiger partial charge in [-0.05, 0) is 59.7 Å². The minimum Gasteiger partial charge on any atom is -0.394 e. The Morgan fingerprint density at radius 1 is 1.33 bits per heavy atom. The van der Waals surface area contributed by atoms with Crippen LogP contribution in [0.5, 0.6) is 0 Å². The van der Waals surface area contributed by atoms with Gasteiger partial charge in [0, 0.05) is 24.0 Å². The first kappa shape index (κ1) is 18.1. The highest BCUT2D eigenvalue weighted by Crippen LogP contribution is 2.43. The minimum atomic E-state index is -0.495. The van der Waals surface area contributed by atoms with Crippen LogP contribution in [0, 0.1) is 5.92 Å². The van der Waals surface area contributed by atoms with E-state index in [2.05, 4.69) is 36.1 Å². The molecule has 3 fully saturated rings. The SMILES string of the molecule is C[C@H]1C[C@@H](C(=O)NCC2(CO)COCC3(CCC3)N2C)CCN1C. The van der Waals surface area contributed by atoms with Crippen LogP contribution >= 0.6 is 0 Å². The number of likely N-dealkylation sites (tertiary alicyclic amines) is 1. The Labute approximate surface area is 145 Å². The normalized spacial score (nSPS) is 37.2. The van der Waals surface area contributed by atoms with Gasteiger partial charge in [0.15, 0.2) is 0 Å². The number of carbonyl (C=O) groups excluding carboxylic acids is 1. The first-order valence-corrected chi connectivity index (χ1v) is 9.33. The molecule has 3 atom stereocenters. The summed E-state index contributed by atoms with van der Waals surface area (Å²) < 4.78 is 5.85. The summed E-state index contributed by atoms with van der Waals surface area (Å²) in [4.78, 5) is 17.2. The van der Waals surface area contributed by atoms with Crippen molar-refractivity contribution in [1.29, 1.82) is 0 Å². The van der Waals surface area contributed by atoms with Gasteiger partial charge in [0.25, 0.3) is 0 Å². The highest BCUT2D eigenvalue weighted by molar-refractivity contribution is 5.78. The summed E-state index contributed by atoms with van der Waals surface area (Å²) >= 11 is 0. The van der Waals surface area contributed by atoms with E-state index in [1.54, 1.807) is 0 Å². The van der Waals surface area contributed by atoms with Crippen LogP contribution in [0.2, 0.25) is 0 Å². The van der Waals surface area contributed by atoms with Crippen LogP contribution in [0.3, 0.4) is 0 Å². The lowest BCUT2D eigenvalue weighted by molar-refractivity contribution is -0.180. The van der Waals surface area contributed by atoms with Crippen molar-refractivity contribution in [3.63, 3.8) is 0 Å². The fourth-order valence-corrected chi connectivity index (χ4v) is 4.49. The van der Waals surface area contributed by atoms with Crippen LogP contribution in [0.15, 0.2) is 0 Å². The van der Waals surface area contributed by atoms with Crippen molar-refractivity contribution in [2.24, 2.45) is 5.92 Å². The number of aliphatic hydroxyl groups is 1. The topological polar surface area (TPSA) is 65.0 Å². The fraction of sp³-hybridized carbons (Fsp3) is 0.944.